The van der Waals surface area contributed by atoms with Gasteiger partial charge in [0.15, 0.2) is 0 Å². The molecule has 164 valence electrons. The summed E-state index contributed by atoms with van der Waals surface area (Å²) in [6.07, 6.45) is -4.37. The lowest BCUT2D eigenvalue weighted by atomic mass is 9.92. The molecule has 0 aliphatic rings. The van der Waals surface area contributed by atoms with Gasteiger partial charge in [0.1, 0.15) is 5.82 Å². The van der Waals surface area contributed by atoms with Gasteiger partial charge in [-0.05, 0) is 83.3 Å². The van der Waals surface area contributed by atoms with E-state index in [0.717, 1.165) is 45.2 Å². The molecule has 2 atom stereocenters. The van der Waals surface area contributed by atoms with Crippen LogP contribution >= 0.6 is 0 Å². The molecule has 0 saturated heterocycles. The highest BCUT2D eigenvalue weighted by Crippen LogP contribution is 2.35. The third kappa shape index (κ3) is 4.68. The van der Waals surface area contributed by atoms with Crippen LogP contribution in [-0.2, 0) is 6.18 Å². The smallest absolute Gasteiger partial charge is 0.304 e. The second-order valence-corrected chi connectivity index (χ2v) is 8.03. The maximum absolute atomic E-state index is 13.6. The third-order valence-corrected chi connectivity index (χ3v) is 5.76. The molecule has 5 heteroatoms. The first-order chi connectivity index (χ1) is 15.2. The minimum atomic E-state index is -4.37. The van der Waals surface area contributed by atoms with E-state index in [4.69, 9.17) is 0 Å². The third-order valence-electron chi connectivity index (χ3n) is 5.76. The first kappa shape index (κ1) is 22.0. The predicted octanol–water partition coefficient (Wildman–Crippen LogP) is 8.08. The van der Waals surface area contributed by atoms with E-state index in [0.29, 0.717) is 0 Å². The minimum Gasteiger partial charge on any atom is -0.304 e. The Balaban J connectivity index is 1.70. The lowest BCUT2D eigenvalue weighted by molar-refractivity contribution is -0.137. The average Bonchev–Trinajstić information content (AvgIpc) is 2.77. The molecule has 0 aromatic heterocycles. The van der Waals surface area contributed by atoms with Crippen molar-refractivity contribution in [1.82, 2.24) is 5.32 Å². The minimum absolute atomic E-state index is 0.0638. The molecule has 1 nitrogen and oxygen atoms in total. The SMILES string of the molecule is CC(N[C@H](C)c1cccc(F)c1)c1cc(-c2ccc(C(F)(F)F)cc2)c2ccccc2c1. The van der Waals surface area contributed by atoms with Gasteiger partial charge >= 0.3 is 6.18 Å². The molecule has 0 saturated carbocycles. The summed E-state index contributed by atoms with van der Waals surface area (Å²) in [7, 11) is 0. The Morgan fingerprint density at radius 2 is 1.41 bits per heavy atom. The van der Waals surface area contributed by atoms with Crippen molar-refractivity contribution in [1.29, 1.82) is 0 Å². The van der Waals surface area contributed by atoms with Crippen LogP contribution in [0, 0.1) is 5.82 Å². The van der Waals surface area contributed by atoms with Gasteiger partial charge in [-0.25, -0.2) is 4.39 Å². The monoisotopic (exact) mass is 437 g/mol. The van der Waals surface area contributed by atoms with Gasteiger partial charge in [0.05, 0.1) is 5.56 Å². The topological polar surface area (TPSA) is 12.0 Å². The first-order valence-electron chi connectivity index (χ1n) is 10.4. The summed E-state index contributed by atoms with van der Waals surface area (Å²) in [5, 5.41) is 5.48. The van der Waals surface area contributed by atoms with E-state index in [2.05, 4.69) is 11.4 Å². The van der Waals surface area contributed by atoms with Crippen molar-refractivity contribution in [3.05, 3.63) is 107 Å². The largest absolute Gasteiger partial charge is 0.416 e. The van der Waals surface area contributed by atoms with Gasteiger partial charge in [-0.15, -0.1) is 0 Å². The fourth-order valence-corrected chi connectivity index (χ4v) is 4.00. The van der Waals surface area contributed by atoms with Crippen LogP contribution < -0.4 is 5.32 Å². The van der Waals surface area contributed by atoms with E-state index in [1.807, 2.05) is 50.2 Å². The zero-order valence-corrected chi connectivity index (χ0v) is 17.7. The summed E-state index contributed by atoms with van der Waals surface area (Å²) in [4.78, 5) is 0. The van der Waals surface area contributed by atoms with Crippen LogP contribution in [-0.4, -0.2) is 0 Å². The molecule has 0 fully saturated rings. The number of nitrogens with one attached hydrogen (secondary N) is 1. The number of alkyl halides is 3. The molecule has 4 aromatic carbocycles. The molecule has 0 amide bonds. The number of hydrogen-bond donors (Lipinski definition) is 1. The van der Waals surface area contributed by atoms with Crippen LogP contribution in [0.5, 0.6) is 0 Å². The normalized spacial score (nSPS) is 13.8. The van der Waals surface area contributed by atoms with Crippen molar-refractivity contribution in [3.63, 3.8) is 0 Å². The van der Waals surface area contributed by atoms with Crippen LogP contribution in [0.4, 0.5) is 17.6 Å². The summed E-state index contributed by atoms with van der Waals surface area (Å²) in [5.74, 6) is -0.279. The Labute approximate surface area is 184 Å². The summed E-state index contributed by atoms with van der Waals surface area (Å²) in [6, 6.07) is 23.5. The highest BCUT2D eigenvalue weighted by molar-refractivity contribution is 5.97. The van der Waals surface area contributed by atoms with Gasteiger partial charge < -0.3 is 5.32 Å². The highest BCUT2D eigenvalue weighted by Gasteiger charge is 2.30. The van der Waals surface area contributed by atoms with Crippen molar-refractivity contribution in [2.24, 2.45) is 0 Å². The van der Waals surface area contributed by atoms with E-state index >= 15 is 0 Å². The number of fused-ring (bicyclic) bond motifs is 1. The van der Waals surface area contributed by atoms with E-state index in [1.165, 1.54) is 24.3 Å². The van der Waals surface area contributed by atoms with E-state index in [-0.39, 0.29) is 17.9 Å². The molecule has 0 spiro atoms. The van der Waals surface area contributed by atoms with Gasteiger partial charge in [-0.2, -0.15) is 13.2 Å². The molecule has 1 unspecified atom stereocenters. The van der Waals surface area contributed by atoms with E-state index < -0.39 is 11.7 Å². The molecular formula is C27H23F4N. The first-order valence-corrected chi connectivity index (χ1v) is 10.4. The molecule has 0 radical (unpaired) electrons. The molecule has 0 heterocycles. The number of hydrogen-bond acceptors (Lipinski definition) is 1. The zero-order chi connectivity index (χ0) is 22.9. The Morgan fingerprint density at radius 1 is 0.719 bits per heavy atom. The van der Waals surface area contributed by atoms with Crippen molar-refractivity contribution in [3.8, 4) is 11.1 Å². The molecule has 4 aromatic rings. The molecule has 1 N–H and O–H groups in total. The fourth-order valence-electron chi connectivity index (χ4n) is 4.00. The summed E-state index contributed by atoms with van der Waals surface area (Å²) in [6.45, 7) is 4.00. The second-order valence-electron chi connectivity index (χ2n) is 8.03. The Hall–Kier alpha value is -3.18. The molecule has 32 heavy (non-hydrogen) atoms. The molecule has 4 rings (SSSR count). The Bertz CT molecular complexity index is 1230. The van der Waals surface area contributed by atoms with Gasteiger partial charge in [0, 0.05) is 12.1 Å². The van der Waals surface area contributed by atoms with Crippen molar-refractivity contribution < 1.29 is 17.6 Å². The molecule has 0 bridgehead atoms. The maximum atomic E-state index is 13.6. The lowest BCUT2D eigenvalue weighted by Crippen LogP contribution is -2.22. The fraction of sp³-hybridized carbons (Fsp3) is 0.185. The van der Waals surface area contributed by atoms with Crippen LogP contribution in [0.3, 0.4) is 0 Å². The lowest BCUT2D eigenvalue weighted by Gasteiger charge is -2.22. The summed E-state index contributed by atoms with van der Waals surface area (Å²) < 4.78 is 52.6. The number of benzene rings is 4. The van der Waals surface area contributed by atoms with E-state index in [1.54, 1.807) is 6.07 Å². The highest BCUT2D eigenvalue weighted by atomic mass is 19.4. The van der Waals surface area contributed by atoms with Crippen molar-refractivity contribution in [2.75, 3.05) is 0 Å². The molecule has 0 aliphatic heterocycles. The maximum Gasteiger partial charge on any atom is 0.416 e. The predicted molar refractivity (Wildman–Crippen MR) is 121 cm³/mol. The van der Waals surface area contributed by atoms with Crippen LogP contribution in [0.25, 0.3) is 21.9 Å². The van der Waals surface area contributed by atoms with Gasteiger partial charge in [0.2, 0.25) is 0 Å². The summed E-state index contributed by atoms with van der Waals surface area (Å²) in [5.41, 5.74) is 2.78. The van der Waals surface area contributed by atoms with Crippen LogP contribution in [0.15, 0.2) is 84.9 Å². The second kappa shape index (κ2) is 8.75. The number of rotatable bonds is 5. The van der Waals surface area contributed by atoms with Gasteiger partial charge in [0.25, 0.3) is 0 Å². The average molecular weight is 437 g/mol. The quantitative estimate of drug-likeness (QED) is 0.311. The Morgan fingerprint density at radius 3 is 2.09 bits per heavy atom. The Kier molecular flexibility index (Phi) is 6.02. The molecular weight excluding hydrogens is 414 g/mol. The van der Waals surface area contributed by atoms with Gasteiger partial charge in [-0.3, -0.25) is 0 Å². The summed E-state index contributed by atoms with van der Waals surface area (Å²) >= 11 is 0. The zero-order valence-electron chi connectivity index (χ0n) is 17.7. The van der Waals surface area contributed by atoms with Crippen molar-refractivity contribution in [2.45, 2.75) is 32.1 Å². The van der Waals surface area contributed by atoms with E-state index in [9.17, 15) is 17.6 Å². The van der Waals surface area contributed by atoms with Gasteiger partial charge in [-0.1, -0.05) is 48.5 Å². The molecule has 0 aliphatic carbocycles. The van der Waals surface area contributed by atoms with Crippen molar-refractivity contribution >= 4 is 10.8 Å². The standard InChI is InChI=1S/C27H23F4N/c1-17(20-7-5-8-24(28)15-20)32-18(2)22-14-21-6-3-4-9-25(21)26(16-22)19-10-12-23(13-11-19)27(29,30)31/h3-18,32H,1-2H3/t17-,18?/m1/s1. The number of halogens is 4. The van der Waals surface area contributed by atoms with Crippen LogP contribution in [0.2, 0.25) is 0 Å². The van der Waals surface area contributed by atoms with Crippen LogP contribution in [0.1, 0.15) is 42.6 Å².